The van der Waals surface area contributed by atoms with Crippen LogP contribution in [0.5, 0.6) is 0 Å². The fourth-order valence-corrected chi connectivity index (χ4v) is 6.65. The van der Waals surface area contributed by atoms with Gasteiger partial charge in [-0.25, -0.2) is 19.4 Å². The standard InChI is InChI=1S/C42H58N8O7/c1-41(2,3)57-37(52)33(17-11-12-18-43-40(55)56-28-29-13-7-6-8-14-29)46-38(53)42(4,5)35-27-45-36(48-35)34(25-30-26-44-32-16-10-9-15-31(30)32)47-39(54)50-21-19-49(20-22-50)23-24-51/h6-10,13-16,26-27,33-34,44,51H,11-12,17-25,28H2,1-5H3,(H,43,55)(H,45,48)(H,46,53)(H,47,54)/t33-,34-/m1/s1. The predicted octanol–water partition coefficient (Wildman–Crippen LogP) is 4.70. The second-order valence-corrected chi connectivity index (χ2v) is 16.0. The molecule has 57 heavy (non-hydrogen) atoms. The number of H-pyrrole nitrogens is 2. The fraction of sp³-hybridized carbons (Fsp3) is 0.500. The summed E-state index contributed by atoms with van der Waals surface area (Å²) in [7, 11) is 0. The van der Waals surface area contributed by atoms with Gasteiger partial charge in [-0.2, -0.15) is 0 Å². The number of aliphatic hydroxyl groups excluding tert-OH is 1. The molecule has 15 nitrogen and oxygen atoms in total. The second-order valence-electron chi connectivity index (χ2n) is 16.0. The number of carbonyl (C=O) groups is 4. The monoisotopic (exact) mass is 786 g/mol. The molecule has 0 radical (unpaired) electrons. The molecular weight excluding hydrogens is 729 g/mol. The predicted molar refractivity (Wildman–Crippen MR) is 216 cm³/mol. The number of aromatic nitrogens is 3. The van der Waals surface area contributed by atoms with Crippen molar-refractivity contribution in [2.45, 2.75) is 90.0 Å². The lowest BCUT2D eigenvalue weighted by atomic mass is 9.88. The normalized spacial score (nSPS) is 14.8. The van der Waals surface area contributed by atoms with E-state index in [0.29, 0.717) is 76.5 Å². The number of alkyl carbamates (subject to hydrolysis) is 1. The van der Waals surface area contributed by atoms with Crippen LogP contribution >= 0.6 is 0 Å². The van der Waals surface area contributed by atoms with Crippen LogP contribution in [0, 0.1) is 0 Å². The van der Waals surface area contributed by atoms with Crippen LogP contribution in [0.25, 0.3) is 10.9 Å². The number of urea groups is 1. The van der Waals surface area contributed by atoms with Crippen molar-refractivity contribution >= 4 is 34.9 Å². The summed E-state index contributed by atoms with van der Waals surface area (Å²) in [6.07, 6.45) is 4.79. The van der Waals surface area contributed by atoms with Gasteiger partial charge in [0.15, 0.2) is 0 Å². The highest BCUT2D eigenvalue weighted by Gasteiger charge is 2.37. The number of β-amino-alcohol motifs (C(OH)–C–C–N with tert-alkyl or cyclic N) is 1. The van der Waals surface area contributed by atoms with E-state index in [9.17, 15) is 24.3 Å². The fourth-order valence-electron chi connectivity index (χ4n) is 6.65. The van der Waals surface area contributed by atoms with Gasteiger partial charge in [0.25, 0.3) is 0 Å². The van der Waals surface area contributed by atoms with Crippen molar-refractivity contribution in [2.24, 2.45) is 0 Å². The van der Waals surface area contributed by atoms with Crippen molar-refractivity contribution in [2.75, 3.05) is 45.9 Å². The van der Waals surface area contributed by atoms with Crippen LogP contribution in [0.4, 0.5) is 9.59 Å². The van der Waals surface area contributed by atoms with Crippen LogP contribution in [0.1, 0.15) is 82.6 Å². The first-order valence-electron chi connectivity index (χ1n) is 19.7. The van der Waals surface area contributed by atoms with Crippen molar-refractivity contribution in [1.82, 2.24) is 40.7 Å². The molecule has 1 saturated heterocycles. The van der Waals surface area contributed by atoms with Crippen LogP contribution < -0.4 is 16.0 Å². The largest absolute Gasteiger partial charge is 0.458 e. The molecular formula is C42H58N8O7. The number of ether oxygens (including phenoxy) is 2. The molecule has 6 N–H and O–H groups in total. The summed E-state index contributed by atoms with van der Waals surface area (Å²) < 4.78 is 11.0. The molecule has 0 aliphatic carbocycles. The SMILES string of the molecule is CC(C)(C)OC(=O)[C@@H](CCCCNC(=O)OCc1ccccc1)NC(=O)C(C)(C)c1cnc([C@@H](Cc2c[nH]c3ccccc23)NC(=O)N2CCN(CCO)CC2)[nH]1. The summed E-state index contributed by atoms with van der Waals surface area (Å²) in [5, 5.41) is 19.2. The summed E-state index contributed by atoms with van der Waals surface area (Å²) in [5.74, 6) is -0.470. The zero-order valence-electron chi connectivity index (χ0n) is 33.7. The highest BCUT2D eigenvalue weighted by Crippen LogP contribution is 2.28. The number of benzene rings is 2. The molecule has 5 rings (SSSR count). The van der Waals surface area contributed by atoms with Crippen LogP contribution in [0.2, 0.25) is 0 Å². The molecule has 2 atom stereocenters. The van der Waals surface area contributed by atoms with Gasteiger partial charge >= 0.3 is 18.1 Å². The van der Waals surface area contributed by atoms with Crippen molar-refractivity contribution in [3.05, 3.63) is 89.6 Å². The Hall–Kier alpha value is -5.41. The first kappa shape index (κ1) is 42.7. The van der Waals surface area contributed by atoms with E-state index >= 15 is 0 Å². The van der Waals surface area contributed by atoms with Crippen molar-refractivity contribution in [3.63, 3.8) is 0 Å². The number of fused-ring (bicyclic) bond motifs is 1. The van der Waals surface area contributed by atoms with Crippen molar-refractivity contribution in [3.8, 4) is 0 Å². The third-order valence-corrected chi connectivity index (χ3v) is 10.0. The van der Waals surface area contributed by atoms with E-state index in [1.165, 1.54) is 0 Å². The third-order valence-electron chi connectivity index (χ3n) is 10.0. The Bertz CT molecular complexity index is 1930. The van der Waals surface area contributed by atoms with Gasteiger partial charge in [-0.3, -0.25) is 9.69 Å². The zero-order valence-corrected chi connectivity index (χ0v) is 33.7. The van der Waals surface area contributed by atoms with Gasteiger partial charge in [-0.05, 0) is 71.1 Å². The molecule has 1 fully saturated rings. The number of amides is 4. The summed E-state index contributed by atoms with van der Waals surface area (Å²) in [6, 6.07) is 15.6. The maximum absolute atomic E-state index is 14.0. The van der Waals surface area contributed by atoms with Crippen LogP contribution in [0.3, 0.4) is 0 Å². The van der Waals surface area contributed by atoms with Crippen molar-refractivity contribution < 1.29 is 33.8 Å². The summed E-state index contributed by atoms with van der Waals surface area (Å²) in [5.41, 5.74) is 1.44. The lowest BCUT2D eigenvalue weighted by Gasteiger charge is -2.35. The minimum atomic E-state index is -1.16. The van der Waals surface area contributed by atoms with Gasteiger partial charge in [0, 0.05) is 74.7 Å². The number of unbranched alkanes of at least 4 members (excludes halogenated alkanes) is 1. The quantitative estimate of drug-likeness (QED) is 0.0651. The van der Waals surface area contributed by atoms with Gasteiger partial charge in [0.2, 0.25) is 5.91 Å². The van der Waals surface area contributed by atoms with Crippen LogP contribution in [-0.4, -0.2) is 111 Å². The molecule has 308 valence electrons. The highest BCUT2D eigenvalue weighted by molar-refractivity contribution is 5.91. The van der Waals surface area contributed by atoms with Gasteiger partial charge in [0.1, 0.15) is 24.1 Å². The molecule has 4 aromatic rings. The first-order valence-corrected chi connectivity index (χ1v) is 19.7. The molecule has 15 heteroatoms. The lowest BCUT2D eigenvalue weighted by Crippen LogP contribution is -2.52. The van der Waals surface area contributed by atoms with Crippen molar-refractivity contribution in [1.29, 1.82) is 0 Å². The molecule has 0 spiro atoms. The van der Waals surface area contributed by atoms with Gasteiger partial charge in [-0.15, -0.1) is 0 Å². The molecule has 2 aromatic carbocycles. The Labute approximate surface area is 334 Å². The number of aromatic amines is 2. The Morgan fingerprint density at radius 1 is 0.930 bits per heavy atom. The van der Waals surface area contributed by atoms with E-state index in [-0.39, 0.29) is 19.2 Å². The maximum Gasteiger partial charge on any atom is 0.407 e. The molecule has 4 amide bonds. The number of nitrogens with zero attached hydrogens (tertiary/aromatic N) is 3. The minimum absolute atomic E-state index is 0.0725. The minimum Gasteiger partial charge on any atom is -0.458 e. The van der Waals surface area contributed by atoms with Crippen LogP contribution in [0.15, 0.2) is 67.0 Å². The molecule has 0 saturated carbocycles. The van der Waals surface area contributed by atoms with Gasteiger partial charge in [0.05, 0.1) is 18.1 Å². The lowest BCUT2D eigenvalue weighted by molar-refractivity contribution is -0.159. The van der Waals surface area contributed by atoms with E-state index < -0.39 is 41.1 Å². The number of carbonyl (C=O) groups excluding carboxylic acids is 4. The Kier molecular flexibility index (Phi) is 14.7. The molecule has 0 unspecified atom stereocenters. The number of rotatable bonds is 17. The van der Waals surface area contributed by atoms with E-state index in [2.05, 4.69) is 35.8 Å². The number of esters is 1. The number of hydrogen-bond donors (Lipinski definition) is 6. The van der Waals surface area contributed by atoms with Gasteiger partial charge < -0.3 is 45.4 Å². The molecule has 1 aliphatic heterocycles. The average molecular weight is 787 g/mol. The summed E-state index contributed by atoms with van der Waals surface area (Å²) in [6.45, 7) is 12.3. The zero-order chi connectivity index (χ0) is 41.0. The van der Waals surface area contributed by atoms with E-state index in [1.807, 2.05) is 60.8 Å². The van der Waals surface area contributed by atoms with E-state index in [4.69, 9.17) is 9.47 Å². The highest BCUT2D eigenvalue weighted by atomic mass is 16.6. The van der Waals surface area contributed by atoms with E-state index in [0.717, 1.165) is 22.0 Å². The number of piperazine rings is 1. The second kappa shape index (κ2) is 19.6. The molecule has 1 aliphatic rings. The number of hydrogen-bond acceptors (Lipinski definition) is 9. The smallest absolute Gasteiger partial charge is 0.407 e. The molecule has 2 aromatic heterocycles. The molecule has 3 heterocycles. The topological polar surface area (TPSA) is 194 Å². The average Bonchev–Trinajstić information content (AvgIpc) is 3.85. The number of aliphatic hydroxyl groups is 1. The number of para-hydroxylation sites is 1. The first-order chi connectivity index (χ1) is 27.2. The Morgan fingerprint density at radius 3 is 2.37 bits per heavy atom. The Balaban J connectivity index is 1.24. The molecule has 0 bridgehead atoms. The Morgan fingerprint density at radius 2 is 1.65 bits per heavy atom. The third kappa shape index (κ3) is 12.3. The number of nitrogens with one attached hydrogen (secondary N) is 5. The summed E-state index contributed by atoms with van der Waals surface area (Å²) >= 11 is 0. The van der Waals surface area contributed by atoms with Gasteiger partial charge in [-0.1, -0.05) is 48.5 Å². The van der Waals surface area contributed by atoms with Crippen LogP contribution in [-0.2, 0) is 37.5 Å². The van der Waals surface area contributed by atoms with E-state index in [1.54, 1.807) is 45.7 Å². The summed E-state index contributed by atoms with van der Waals surface area (Å²) in [4.78, 5) is 68.4. The maximum atomic E-state index is 14.0. The number of imidazole rings is 1.